The largest absolute Gasteiger partial charge is 0.324 e. The third kappa shape index (κ3) is 2.10. The van der Waals surface area contributed by atoms with Crippen LogP contribution in [0.2, 0.25) is 0 Å². The quantitative estimate of drug-likeness (QED) is 0.849. The van der Waals surface area contributed by atoms with Gasteiger partial charge in [0.05, 0.1) is 6.54 Å². The van der Waals surface area contributed by atoms with Crippen molar-refractivity contribution in [1.82, 2.24) is 9.97 Å². The Labute approximate surface area is 112 Å². The Hall–Kier alpha value is -2.23. The molecule has 2 heterocycles. The molecule has 0 saturated carbocycles. The molecule has 2 aromatic rings. The van der Waals surface area contributed by atoms with Gasteiger partial charge in [0.2, 0.25) is 0 Å². The van der Waals surface area contributed by atoms with Crippen LogP contribution in [0, 0.1) is 20.8 Å². The van der Waals surface area contributed by atoms with E-state index in [1.54, 1.807) is 0 Å². The molecule has 0 aliphatic carbocycles. The maximum atomic E-state index is 4.54. The second-order valence-electron chi connectivity index (χ2n) is 4.78. The van der Waals surface area contributed by atoms with Crippen LogP contribution in [-0.2, 0) is 6.54 Å². The summed E-state index contributed by atoms with van der Waals surface area (Å²) in [6.07, 6.45) is 0. The highest BCUT2D eigenvalue weighted by Gasteiger charge is 2.16. The average molecular weight is 252 g/mol. The molecule has 19 heavy (non-hydrogen) atoms. The van der Waals surface area contributed by atoms with Gasteiger partial charge in [0.1, 0.15) is 17.5 Å². The van der Waals surface area contributed by atoms with Crippen LogP contribution < -0.4 is 5.32 Å². The first-order valence-electron chi connectivity index (χ1n) is 6.37. The number of hydrogen-bond donors (Lipinski definition) is 1. The van der Waals surface area contributed by atoms with Gasteiger partial charge in [-0.25, -0.2) is 9.97 Å². The molecule has 3 rings (SSSR count). The van der Waals surface area contributed by atoms with Crippen molar-refractivity contribution in [3.05, 3.63) is 52.5 Å². The smallest absolute Gasteiger partial charge is 0.138 e. The van der Waals surface area contributed by atoms with Crippen LogP contribution in [0.1, 0.15) is 28.2 Å². The minimum absolute atomic E-state index is 0.737. The van der Waals surface area contributed by atoms with Gasteiger partial charge in [-0.1, -0.05) is 24.3 Å². The summed E-state index contributed by atoms with van der Waals surface area (Å²) < 4.78 is 0. The molecule has 0 bridgehead atoms. The Morgan fingerprint density at radius 1 is 1.05 bits per heavy atom. The number of amidine groups is 1. The number of hydrogen-bond acceptors (Lipinski definition) is 4. The van der Waals surface area contributed by atoms with Gasteiger partial charge in [0.15, 0.2) is 0 Å². The molecular weight excluding hydrogens is 236 g/mol. The second-order valence-corrected chi connectivity index (χ2v) is 4.78. The van der Waals surface area contributed by atoms with Crippen molar-refractivity contribution >= 4 is 11.7 Å². The van der Waals surface area contributed by atoms with Crippen LogP contribution in [0.5, 0.6) is 0 Å². The zero-order chi connectivity index (χ0) is 13.4. The van der Waals surface area contributed by atoms with E-state index in [-0.39, 0.29) is 0 Å². The molecule has 1 aliphatic rings. The summed E-state index contributed by atoms with van der Waals surface area (Å²) in [7, 11) is 0. The Kier molecular flexibility index (Phi) is 2.78. The van der Waals surface area contributed by atoms with E-state index in [2.05, 4.69) is 32.4 Å². The van der Waals surface area contributed by atoms with E-state index in [9.17, 15) is 0 Å². The van der Waals surface area contributed by atoms with E-state index in [0.29, 0.717) is 0 Å². The van der Waals surface area contributed by atoms with Crippen LogP contribution in [-0.4, -0.2) is 15.8 Å². The molecule has 0 unspecified atom stereocenters. The molecule has 0 spiro atoms. The van der Waals surface area contributed by atoms with Crippen LogP contribution in [0.25, 0.3) is 0 Å². The number of benzene rings is 1. The molecule has 1 aromatic carbocycles. The number of rotatable bonds is 1. The third-order valence-corrected chi connectivity index (χ3v) is 3.42. The Balaban J connectivity index is 1.96. The van der Waals surface area contributed by atoms with Gasteiger partial charge in [-0.2, -0.15) is 0 Å². The van der Waals surface area contributed by atoms with Crippen molar-refractivity contribution in [2.45, 2.75) is 27.3 Å². The molecule has 0 saturated heterocycles. The molecule has 1 aromatic heterocycles. The molecule has 1 N–H and O–H groups in total. The van der Waals surface area contributed by atoms with Gasteiger partial charge < -0.3 is 5.32 Å². The van der Waals surface area contributed by atoms with Crippen molar-refractivity contribution in [2.75, 3.05) is 5.32 Å². The Morgan fingerprint density at radius 2 is 1.84 bits per heavy atom. The normalized spacial score (nSPS) is 13.1. The summed E-state index contributed by atoms with van der Waals surface area (Å²) in [6, 6.07) is 8.27. The van der Waals surface area contributed by atoms with Crippen LogP contribution in [0.15, 0.2) is 29.3 Å². The highest BCUT2D eigenvalue weighted by molar-refractivity contribution is 6.10. The fraction of sp³-hybridized carbons (Fsp3) is 0.267. The lowest BCUT2D eigenvalue weighted by Crippen LogP contribution is -2.15. The van der Waals surface area contributed by atoms with E-state index < -0.39 is 0 Å². The predicted molar refractivity (Wildman–Crippen MR) is 76.5 cm³/mol. The minimum atomic E-state index is 0.737. The number of aliphatic imine (C=N–C) groups is 1. The lowest BCUT2D eigenvalue weighted by atomic mass is 10.1. The molecule has 96 valence electrons. The zero-order valence-corrected chi connectivity index (χ0v) is 11.4. The predicted octanol–water partition coefficient (Wildman–Crippen LogP) is 2.77. The molecule has 1 aliphatic heterocycles. The zero-order valence-electron chi connectivity index (χ0n) is 11.4. The maximum absolute atomic E-state index is 4.54. The minimum Gasteiger partial charge on any atom is -0.324 e. The molecule has 0 fully saturated rings. The van der Waals surface area contributed by atoms with Crippen molar-refractivity contribution in [3.63, 3.8) is 0 Å². The van der Waals surface area contributed by atoms with Gasteiger partial charge >= 0.3 is 0 Å². The number of aromatic nitrogens is 2. The first-order valence-corrected chi connectivity index (χ1v) is 6.37. The van der Waals surface area contributed by atoms with Crippen molar-refractivity contribution in [2.24, 2.45) is 4.99 Å². The Morgan fingerprint density at radius 3 is 2.68 bits per heavy atom. The van der Waals surface area contributed by atoms with Gasteiger partial charge in [-0.3, -0.25) is 4.99 Å². The summed E-state index contributed by atoms with van der Waals surface area (Å²) in [5, 5.41) is 3.35. The van der Waals surface area contributed by atoms with Crippen molar-refractivity contribution in [3.8, 4) is 0 Å². The van der Waals surface area contributed by atoms with Crippen LogP contribution in [0.4, 0.5) is 5.82 Å². The van der Waals surface area contributed by atoms with Crippen LogP contribution in [0.3, 0.4) is 0 Å². The Bertz CT molecular complexity index is 674. The van der Waals surface area contributed by atoms with Crippen molar-refractivity contribution in [1.29, 1.82) is 0 Å². The topological polar surface area (TPSA) is 50.2 Å². The van der Waals surface area contributed by atoms with Gasteiger partial charge in [-0.05, 0) is 26.3 Å². The monoisotopic (exact) mass is 252 g/mol. The van der Waals surface area contributed by atoms with E-state index in [1.165, 1.54) is 5.56 Å². The number of aryl methyl sites for hydroxylation is 2. The molecule has 0 radical (unpaired) electrons. The molecule has 0 atom stereocenters. The average Bonchev–Trinajstić information content (AvgIpc) is 2.79. The molecule has 4 heteroatoms. The third-order valence-electron chi connectivity index (χ3n) is 3.42. The molecule has 0 amide bonds. The number of anilines is 1. The number of fused-ring (bicyclic) bond motifs is 1. The number of nitrogens with zero attached hydrogens (tertiary/aromatic N) is 3. The highest BCUT2D eigenvalue weighted by atomic mass is 15.1. The maximum Gasteiger partial charge on any atom is 0.138 e. The van der Waals surface area contributed by atoms with E-state index in [0.717, 1.165) is 40.8 Å². The van der Waals surface area contributed by atoms with Gasteiger partial charge in [0, 0.05) is 16.8 Å². The SMILES string of the molecule is Cc1nc(C)c(C)c(NC2=NCc3ccccc32)n1. The standard InChI is InChI=1S/C15H16N4/c1-9-10(2)17-11(3)18-14(9)19-15-13-7-5-4-6-12(13)8-16-15/h4-7H,8H2,1-3H3,(H,16,17,18,19). The summed E-state index contributed by atoms with van der Waals surface area (Å²) in [4.78, 5) is 13.4. The number of nitrogens with one attached hydrogen (secondary N) is 1. The van der Waals surface area contributed by atoms with Gasteiger partial charge in [0.25, 0.3) is 0 Å². The summed E-state index contributed by atoms with van der Waals surface area (Å²) in [6.45, 7) is 6.67. The fourth-order valence-corrected chi connectivity index (χ4v) is 2.25. The first-order chi connectivity index (χ1) is 9.15. The van der Waals surface area contributed by atoms with Crippen LogP contribution >= 0.6 is 0 Å². The lowest BCUT2D eigenvalue weighted by molar-refractivity contribution is 0.992. The molecule has 4 nitrogen and oxygen atoms in total. The first kappa shape index (κ1) is 11.8. The van der Waals surface area contributed by atoms with E-state index >= 15 is 0 Å². The van der Waals surface area contributed by atoms with Crippen molar-refractivity contribution < 1.29 is 0 Å². The molecular formula is C15H16N4. The van der Waals surface area contributed by atoms with E-state index in [1.807, 2.05) is 32.9 Å². The summed E-state index contributed by atoms with van der Waals surface area (Å²) >= 11 is 0. The second kappa shape index (κ2) is 4.46. The van der Waals surface area contributed by atoms with Gasteiger partial charge in [-0.15, -0.1) is 0 Å². The summed E-state index contributed by atoms with van der Waals surface area (Å²) in [5.74, 6) is 2.52. The highest BCUT2D eigenvalue weighted by Crippen LogP contribution is 2.21. The fourth-order valence-electron chi connectivity index (χ4n) is 2.25. The summed E-state index contributed by atoms with van der Waals surface area (Å²) in [5.41, 5.74) is 4.49. The lowest BCUT2D eigenvalue weighted by Gasteiger charge is -2.11. The van der Waals surface area contributed by atoms with E-state index in [4.69, 9.17) is 0 Å².